The third-order valence-electron chi connectivity index (χ3n) is 16.4. The molecule has 0 aliphatic heterocycles. The number of pyridine rings is 3. The van der Waals surface area contributed by atoms with Gasteiger partial charge in [-0.3, -0.25) is 9.97 Å². The lowest BCUT2D eigenvalue weighted by Crippen LogP contribution is -2.02. The van der Waals surface area contributed by atoms with Crippen LogP contribution in [0.2, 0.25) is 0 Å². The molecule has 1 N–H and O–H groups in total. The van der Waals surface area contributed by atoms with Crippen LogP contribution in [0, 0.1) is 6.92 Å². The predicted octanol–water partition coefficient (Wildman–Crippen LogP) is 18.4. The van der Waals surface area contributed by atoms with Crippen molar-refractivity contribution in [1.29, 1.82) is 0 Å². The van der Waals surface area contributed by atoms with E-state index in [0.717, 1.165) is 95.1 Å². The van der Waals surface area contributed by atoms with Crippen molar-refractivity contribution in [3.05, 3.63) is 255 Å². The number of benzene rings is 10. The summed E-state index contributed by atoms with van der Waals surface area (Å²) in [6.45, 7) is 2.20. The van der Waals surface area contributed by atoms with E-state index >= 15 is 0 Å². The summed E-state index contributed by atoms with van der Waals surface area (Å²) in [5.74, 6) is 0. The van der Waals surface area contributed by atoms with E-state index in [1.54, 1.807) is 0 Å². The number of aromatic amines is 1. The average Bonchev–Trinajstić information content (AvgIpc) is 3.33. The number of nitrogens with one attached hydrogen (secondary N) is 1. The molecular formula is C72H45N7. The number of para-hydroxylation sites is 4. The first-order chi connectivity index (χ1) is 39.1. The number of rotatable bonds is 6. The molecule has 79 heavy (non-hydrogen) atoms. The van der Waals surface area contributed by atoms with Gasteiger partial charge in [0.25, 0.3) is 0 Å². The Balaban J connectivity index is 1.09. The molecule has 0 spiro atoms. The second-order valence-corrected chi connectivity index (χ2v) is 20.9. The molecule has 0 amide bonds. The Morgan fingerprint density at radius 2 is 0.772 bits per heavy atom. The molecule has 7 heteroatoms. The zero-order valence-electron chi connectivity index (χ0n) is 42.9. The van der Waals surface area contributed by atoms with Gasteiger partial charge in [-0.05, 0) is 137 Å². The highest BCUT2D eigenvalue weighted by molar-refractivity contribution is 6.38. The van der Waals surface area contributed by atoms with Crippen LogP contribution in [0.1, 0.15) is 5.56 Å². The van der Waals surface area contributed by atoms with Crippen molar-refractivity contribution in [3.8, 4) is 51.0 Å². The lowest BCUT2D eigenvalue weighted by Gasteiger charge is -2.18. The first-order valence-electron chi connectivity index (χ1n) is 26.9. The standard InChI is InChI=1S/C72H45N7/c1-43-33-34-64-56(37-43)68-52-24-8-7-23-51(52)67-55-27-11-14-32-63(55)79(71(67)72(68)77(64)46-19-3-2-4-20-46)48-39-44(45-40-60(58-29-15-17-35-73-58)75-61(41-45)59-30-16-18-36-74-59)38-47(42-48)78-62-31-13-10-26-54(62)66-50-22-6-5-21-49(50)65-53-25-9-12-28-57(53)76-69(65)70(66)78/h2-42,76H,1H3. The second kappa shape index (κ2) is 16.7. The fraction of sp³-hybridized carbons (Fsp3) is 0.0139. The number of nitrogens with zero attached hydrogens (tertiary/aromatic N) is 6. The topological polar surface area (TPSA) is 69.2 Å². The van der Waals surface area contributed by atoms with Gasteiger partial charge in [-0.25, -0.2) is 4.98 Å². The quantitative estimate of drug-likeness (QED) is 0.180. The molecule has 0 aliphatic carbocycles. The Hall–Kier alpha value is -10.6. The molecule has 0 radical (unpaired) electrons. The Morgan fingerprint density at radius 3 is 1.37 bits per heavy atom. The molecule has 0 bridgehead atoms. The summed E-state index contributed by atoms with van der Waals surface area (Å²) in [5.41, 5.74) is 18.5. The van der Waals surface area contributed by atoms with Crippen molar-refractivity contribution in [2.75, 3.05) is 0 Å². The Kier molecular flexibility index (Phi) is 9.21. The highest BCUT2D eigenvalue weighted by Gasteiger charge is 2.27. The first kappa shape index (κ1) is 43.6. The van der Waals surface area contributed by atoms with Gasteiger partial charge in [0.15, 0.2) is 0 Å². The first-order valence-corrected chi connectivity index (χ1v) is 26.9. The third kappa shape index (κ3) is 6.32. The minimum Gasteiger partial charge on any atom is -0.353 e. The van der Waals surface area contributed by atoms with Crippen LogP contribution in [-0.2, 0) is 0 Å². The summed E-state index contributed by atoms with van der Waals surface area (Å²) >= 11 is 0. The lowest BCUT2D eigenvalue weighted by atomic mass is 9.98. The Labute approximate surface area is 452 Å². The fourth-order valence-electron chi connectivity index (χ4n) is 13.2. The van der Waals surface area contributed by atoms with Gasteiger partial charge in [-0.1, -0.05) is 145 Å². The normalized spacial score (nSPS) is 12.1. The number of hydrogen-bond acceptors (Lipinski definition) is 3. The maximum absolute atomic E-state index is 5.28. The third-order valence-corrected chi connectivity index (χ3v) is 16.4. The molecule has 10 aromatic carbocycles. The molecular weight excluding hydrogens is 963 g/mol. The predicted molar refractivity (Wildman–Crippen MR) is 328 cm³/mol. The number of fused-ring (bicyclic) bond motifs is 20. The van der Waals surface area contributed by atoms with Gasteiger partial charge in [-0.15, -0.1) is 0 Å². The molecule has 0 saturated heterocycles. The van der Waals surface area contributed by atoms with Crippen LogP contribution >= 0.6 is 0 Å². The average molecular weight is 1010 g/mol. The summed E-state index contributed by atoms with van der Waals surface area (Å²) < 4.78 is 7.58. The fourth-order valence-corrected chi connectivity index (χ4v) is 13.2. The highest BCUT2D eigenvalue weighted by atomic mass is 15.1. The minimum absolute atomic E-state index is 0.765. The maximum Gasteiger partial charge on any atom is 0.0900 e. The minimum atomic E-state index is 0.765. The molecule has 368 valence electrons. The zero-order valence-corrected chi connectivity index (χ0v) is 42.9. The van der Waals surface area contributed by atoms with E-state index < -0.39 is 0 Å². The van der Waals surface area contributed by atoms with Crippen molar-refractivity contribution < 1.29 is 0 Å². The van der Waals surface area contributed by atoms with Crippen LogP contribution in [0.4, 0.5) is 0 Å². The van der Waals surface area contributed by atoms with E-state index in [4.69, 9.17) is 15.0 Å². The number of aromatic nitrogens is 7. The molecule has 17 rings (SSSR count). The van der Waals surface area contributed by atoms with Crippen LogP contribution in [0.5, 0.6) is 0 Å². The van der Waals surface area contributed by atoms with Crippen molar-refractivity contribution >= 4 is 109 Å². The van der Waals surface area contributed by atoms with E-state index in [1.807, 2.05) is 48.8 Å². The van der Waals surface area contributed by atoms with Gasteiger partial charge in [0.2, 0.25) is 0 Å². The van der Waals surface area contributed by atoms with Crippen molar-refractivity contribution in [3.63, 3.8) is 0 Å². The molecule has 0 atom stereocenters. The van der Waals surface area contributed by atoms with Gasteiger partial charge in [-0.2, -0.15) is 0 Å². The largest absolute Gasteiger partial charge is 0.353 e. The molecule has 0 fully saturated rings. The molecule has 7 aromatic heterocycles. The van der Waals surface area contributed by atoms with Crippen molar-refractivity contribution in [2.45, 2.75) is 6.92 Å². The SMILES string of the molecule is Cc1ccc2c(c1)c1c3ccccc3c3c4ccccc4n(-c4cc(-c5cc(-c6ccccn6)nc(-c6ccccn6)c5)cc(-n5c6ccccc6c6c7ccccc7c7c8ccccc8[nH]c7c65)c4)c3c1n2-c1ccccc1. The number of H-pyrrole nitrogens is 1. The molecule has 17 aromatic rings. The van der Waals surface area contributed by atoms with Crippen LogP contribution in [0.3, 0.4) is 0 Å². The van der Waals surface area contributed by atoms with E-state index in [9.17, 15) is 0 Å². The van der Waals surface area contributed by atoms with Crippen molar-refractivity contribution in [2.24, 2.45) is 0 Å². The molecule has 7 heterocycles. The van der Waals surface area contributed by atoms with E-state index in [2.05, 4.69) is 226 Å². The van der Waals surface area contributed by atoms with E-state index in [1.165, 1.54) is 70.2 Å². The maximum atomic E-state index is 5.28. The number of hydrogen-bond donors (Lipinski definition) is 1. The van der Waals surface area contributed by atoms with Gasteiger partial charge < -0.3 is 18.7 Å². The Bertz CT molecular complexity index is 5320. The van der Waals surface area contributed by atoms with Gasteiger partial charge in [0.1, 0.15) is 0 Å². The molecule has 0 unspecified atom stereocenters. The summed E-state index contributed by atoms with van der Waals surface area (Å²) in [7, 11) is 0. The molecule has 0 aliphatic rings. The van der Waals surface area contributed by atoms with Gasteiger partial charge >= 0.3 is 0 Å². The lowest BCUT2D eigenvalue weighted by molar-refractivity contribution is 1.13. The van der Waals surface area contributed by atoms with E-state index in [-0.39, 0.29) is 0 Å². The zero-order chi connectivity index (χ0) is 51.9. The van der Waals surface area contributed by atoms with Crippen LogP contribution in [-0.4, -0.2) is 33.6 Å². The van der Waals surface area contributed by atoms with Gasteiger partial charge in [0.05, 0.1) is 61.4 Å². The van der Waals surface area contributed by atoms with Crippen LogP contribution < -0.4 is 0 Å². The summed E-state index contributed by atoms with van der Waals surface area (Å²) in [6, 6.07) is 86.0. The second-order valence-electron chi connectivity index (χ2n) is 20.9. The monoisotopic (exact) mass is 1010 g/mol. The smallest absolute Gasteiger partial charge is 0.0900 e. The van der Waals surface area contributed by atoms with Crippen LogP contribution in [0.15, 0.2) is 249 Å². The molecule has 0 saturated carbocycles. The summed E-state index contributed by atoms with van der Waals surface area (Å²) in [5, 5.41) is 14.6. The van der Waals surface area contributed by atoms with Crippen LogP contribution in [0.25, 0.3) is 160 Å². The highest BCUT2D eigenvalue weighted by Crippen LogP contribution is 2.49. The van der Waals surface area contributed by atoms with E-state index in [0.29, 0.717) is 0 Å². The van der Waals surface area contributed by atoms with Crippen molar-refractivity contribution in [1.82, 2.24) is 33.6 Å². The summed E-state index contributed by atoms with van der Waals surface area (Å²) in [4.78, 5) is 19.0. The summed E-state index contributed by atoms with van der Waals surface area (Å²) in [6.07, 6.45) is 3.67. The van der Waals surface area contributed by atoms with Gasteiger partial charge in [0, 0.05) is 78.1 Å². The number of aryl methyl sites for hydroxylation is 1. The Morgan fingerprint density at radius 1 is 0.316 bits per heavy atom. The molecule has 7 nitrogen and oxygen atoms in total.